The topological polar surface area (TPSA) is 17.1 Å². The summed E-state index contributed by atoms with van der Waals surface area (Å²) >= 11 is 1.56. The SMILES string of the molecule is Cc1ccc(-c2ccc(C(=O)c3cc(C)ccc3C)s2)cc1. The fourth-order valence-corrected chi connectivity index (χ4v) is 3.41. The van der Waals surface area contributed by atoms with Crippen LogP contribution in [-0.4, -0.2) is 5.78 Å². The molecule has 3 rings (SSSR count). The molecule has 0 saturated heterocycles. The number of hydrogen-bond acceptors (Lipinski definition) is 2. The molecule has 0 radical (unpaired) electrons. The van der Waals surface area contributed by atoms with Crippen molar-refractivity contribution < 1.29 is 4.79 Å². The minimum atomic E-state index is 0.115. The highest BCUT2D eigenvalue weighted by molar-refractivity contribution is 7.17. The molecule has 0 amide bonds. The van der Waals surface area contributed by atoms with E-state index in [1.165, 1.54) is 5.56 Å². The lowest BCUT2D eigenvalue weighted by molar-refractivity contribution is 0.104. The first kappa shape index (κ1) is 14.7. The average molecular weight is 306 g/mol. The maximum Gasteiger partial charge on any atom is 0.203 e. The number of rotatable bonds is 3. The number of carbonyl (C=O) groups is 1. The second kappa shape index (κ2) is 5.90. The minimum Gasteiger partial charge on any atom is -0.288 e. The summed E-state index contributed by atoms with van der Waals surface area (Å²) in [7, 11) is 0. The van der Waals surface area contributed by atoms with Crippen LogP contribution in [0.4, 0.5) is 0 Å². The highest BCUT2D eigenvalue weighted by Crippen LogP contribution is 2.30. The predicted octanol–water partition coefficient (Wildman–Crippen LogP) is 5.57. The molecule has 0 aliphatic heterocycles. The van der Waals surface area contributed by atoms with Gasteiger partial charge in [-0.3, -0.25) is 4.79 Å². The van der Waals surface area contributed by atoms with Crippen LogP contribution < -0.4 is 0 Å². The van der Waals surface area contributed by atoms with E-state index in [0.717, 1.165) is 32.0 Å². The Morgan fingerprint density at radius 1 is 0.818 bits per heavy atom. The molecule has 1 heterocycles. The van der Waals surface area contributed by atoms with Gasteiger partial charge in [0.2, 0.25) is 5.78 Å². The fraction of sp³-hybridized carbons (Fsp3) is 0.150. The first-order chi connectivity index (χ1) is 10.5. The first-order valence-corrected chi connectivity index (χ1v) is 8.15. The Balaban J connectivity index is 1.95. The van der Waals surface area contributed by atoms with Gasteiger partial charge in [-0.2, -0.15) is 0 Å². The van der Waals surface area contributed by atoms with Crippen molar-refractivity contribution in [2.75, 3.05) is 0 Å². The molecule has 110 valence electrons. The molecule has 0 aliphatic rings. The standard InChI is InChI=1S/C20H18OS/c1-13-5-8-16(9-6-13)18-10-11-19(22-18)20(21)17-12-14(2)4-7-15(17)3/h4-12H,1-3H3. The van der Waals surface area contributed by atoms with E-state index < -0.39 is 0 Å². The van der Waals surface area contributed by atoms with E-state index in [1.54, 1.807) is 11.3 Å². The van der Waals surface area contributed by atoms with Crippen molar-refractivity contribution in [1.82, 2.24) is 0 Å². The molecule has 0 bridgehead atoms. The van der Waals surface area contributed by atoms with Crippen LogP contribution >= 0.6 is 11.3 Å². The number of thiophene rings is 1. The van der Waals surface area contributed by atoms with Crippen molar-refractivity contribution >= 4 is 17.1 Å². The normalized spacial score (nSPS) is 10.7. The van der Waals surface area contributed by atoms with Crippen molar-refractivity contribution in [3.8, 4) is 10.4 Å². The van der Waals surface area contributed by atoms with Gasteiger partial charge in [-0.1, -0.05) is 47.5 Å². The second-order valence-electron chi connectivity index (χ2n) is 5.68. The van der Waals surface area contributed by atoms with Gasteiger partial charge in [0.15, 0.2) is 0 Å². The molecule has 3 aromatic rings. The fourth-order valence-electron chi connectivity index (χ4n) is 2.45. The summed E-state index contributed by atoms with van der Waals surface area (Å²) in [5.74, 6) is 0.115. The molecule has 0 spiro atoms. The summed E-state index contributed by atoms with van der Waals surface area (Å²) in [6, 6.07) is 18.4. The Morgan fingerprint density at radius 3 is 2.23 bits per heavy atom. The third-order valence-corrected chi connectivity index (χ3v) is 4.94. The Hall–Kier alpha value is -2.19. The molecule has 1 nitrogen and oxygen atoms in total. The summed E-state index contributed by atoms with van der Waals surface area (Å²) in [6.45, 7) is 6.08. The third kappa shape index (κ3) is 2.88. The Kier molecular flexibility index (Phi) is 3.95. The minimum absolute atomic E-state index is 0.115. The van der Waals surface area contributed by atoms with Crippen LogP contribution in [0.3, 0.4) is 0 Å². The zero-order chi connectivity index (χ0) is 15.7. The lowest BCUT2D eigenvalue weighted by Gasteiger charge is -2.04. The van der Waals surface area contributed by atoms with E-state index in [-0.39, 0.29) is 5.78 Å². The molecule has 0 N–H and O–H groups in total. The van der Waals surface area contributed by atoms with E-state index >= 15 is 0 Å². The lowest BCUT2D eigenvalue weighted by Crippen LogP contribution is -2.01. The van der Waals surface area contributed by atoms with Gasteiger partial charge in [0.05, 0.1) is 4.88 Å². The van der Waals surface area contributed by atoms with Crippen LogP contribution in [0.2, 0.25) is 0 Å². The Bertz CT molecular complexity index is 825. The van der Waals surface area contributed by atoms with E-state index in [4.69, 9.17) is 0 Å². The highest BCUT2D eigenvalue weighted by Gasteiger charge is 2.15. The molecular weight excluding hydrogens is 288 g/mol. The molecule has 0 saturated carbocycles. The van der Waals surface area contributed by atoms with Crippen LogP contribution in [0.5, 0.6) is 0 Å². The summed E-state index contributed by atoms with van der Waals surface area (Å²) < 4.78 is 0. The monoisotopic (exact) mass is 306 g/mol. The largest absolute Gasteiger partial charge is 0.288 e. The molecule has 0 atom stereocenters. The number of hydrogen-bond donors (Lipinski definition) is 0. The lowest BCUT2D eigenvalue weighted by atomic mass is 10.0. The van der Waals surface area contributed by atoms with E-state index in [2.05, 4.69) is 31.2 Å². The van der Waals surface area contributed by atoms with Gasteiger partial charge in [-0.05, 0) is 50.1 Å². The maximum atomic E-state index is 12.7. The van der Waals surface area contributed by atoms with Gasteiger partial charge in [0.1, 0.15) is 0 Å². The zero-order valence-corrected chi connectivity index (χ0v) is 13.8. The average Bonchev–Trinajstić information content (AvgIpc) is 2.99. The van der Waals surface area contributed by atoms with Crippen molar-refractivity contribution in [1.29, 1.82) is 0 Å². The molecule has 2 aromatic carbocycles. The Labute approximate surface area is 135 Å². The van der Waals surface area contributed by atoms with Crippen LogP contribution in [-0.2, 0) is 0 Å². The Morgan fingerprint density at radius 2 is 1.50 bits per heavy atom. The van der Waals surface area contributed by atoms with Crippen molar-refractivity contribution in [3.05, 3.63) is 81.7 Å². The van der Waals surface area contributed by atoms with E-state index in [0.29, 0.717) is 0 Å². The van der Waals surface area contributed by atoms with Crippen LogP contribution in [0.15, 0.2) is 54.6 Å². The van der Waals surface area contributed by atoms with Crippen LogP contribution in [0.1, 0.15) is 31.9 Å². The summed E-state index contributed by atoms with van der Waals surface area (Å²) in [5.41, 5.74) is 5.35. The van der Waals surface area contributed by atoms with Gasteiger partial charge < -0.3 is 0 Å². The summed E-state index contributed by atoms with van der Waals surface area (Å²) in [5, 5.41) is 0. The number of benzene rings is 2. The quantitative estimate of drug-likeness (QED) is 0.578. The molecular formula is C20H18OS. The maximum absolute atomic E-state index is 12.7. The van der Waals surface area contributed by atoms with Crippen molar-refractivity contribution in [3.63, 3.8) is 0 Å². The van der Waals surface area contributed by atoms with Crippen molar-refractivity contribution in [2.24, 2.45) is 0 Å². The zero-order valence-electron chi connectivity index (χ0n) is 13.0. The summed E-state index contributed by atoms with van der Waals surface area (Å²) in [6.07, 6.45) is 0. The second-order valence-corrected chi connectivity index (χ2v) is 6.76. The van der Waals surface area contributed by atoms with Crippen LogP contribution in [0, 0.1) is 20.8 Å². The molecule has 2 heteroatoms. The molecule has 0 aliphatic carbocycles. The highest BCUT2D eigenvalue weighted by atomic mass is 32.1. The number of carbonyl (C=O) groups excluding carboxylic acids is 1. The van der Waals surface area contributed by atoms with Gasteiger partial charge in [0, 0.05) is 10.4 Å². The van der Waals surface area contributed by atoms with E-state index in [1.807, 2.05) is 44.2 Å². The van der Waals surface area contributed by atoms with Gasteiger partial charge in [-0.15, -0.1) is 11.3 Å². The molecule has 22 heavy (non-hydrogen) atoms. The summed E-state index contributed by atoms with van der Waals surface area (Å²) in [4.78, 5) is 14.7. The van der Waals surface area contributed by atoms with E-state index in [9.17, 15) is 4.79 Å². The van der Waals surface area contributed by atoms with Gasteiger partial charge >= 0.3 is 0 Å². The third-order valence-electron chi connectivity index (χ3n) is 3.80. The van der Waals surface area contributed by atoms with Gasteiger partial charge in [-0.25, -0.2) is 0 Å². The number of aryl methyl sites for hydroxylation is 3. The molecule has 0 unspecified atom stereocenters. The number of ketones is 1. The molecule has 0 fully saturated rings. The van der Waals surface area contributed by atoms with Gasteiger partial charge in [0.25, 0.3) is 0 Å². The predicted molar refractivity (Wildman–Crippen MR) is 93.8 cm³/mol. The van der Waals surface area contributed by atoms with Crippen molar-refractivity contribution in [2.45, 2.75) is 20.8 Å². The molecule has 1 aromatic heterocycles. The first-order valence-electron chi connectivity index (χ1n) is 7.33. The van der Waals surface area contributed by atoms with Crippen LogP contribution in [0.25, 0.3) is 10.4 Å². The smallest absolute Gasteiger partial charge is 0.203 e.